The minimum absolute atomic E-state index is 0.953. The van der Waals surface area contributed by atoms with Crippen molar-refractivity contribution in [1.82, 2.24) is 0 Å². The Morgan fingerprint density at radius 2 is 2.17 bits per heavy atom. The zero-order valence-electron chi connectivity index (χ0n) is 8.13. The van der Waals surface area contributed by atoms with Gasteiger partial charge in [-0.05, 0) is 18.0 Å². The zero-order chi connectivity index (χ0) is 9.19. The Bertz CT molecular complexity index is 252. The highest BCUT2D eigenvalue weighted by Gasteiger charge is 2.22. The van der Waals surface area contributed by atoms with E-state index >= 15 is 0 Å². The second-order valence-corrected chi connectivity index (χ2v) is 11.4. The standard InChI is InChI=1S/C8H16NS2Si/c1-10-8-9(5-6-11-8)7-12(2,3)4/h5-6H,7H2,1-4H3/q+1. The number of thioether (sulfide) groups is 1. The molecule has 68 valence electrons. The first kappa shape index (κ1) is 10.3. The molecule has 0 aliphatic carbocycles. The van der Waals surface area contributed by atoms with Crippen LogP contribution in [0.15, 0.2) is 15.9 Å². The average Bonchev–Trinajstić information content (AvgIpc) is 2.31. The number of thiazole rings is 1. The normalized spacial score (nSPS) is 12.0. The van der Waals surface area contributed by atoms with Gasteiger partial charge in [0.05, 0.1) is 5.38 Å². The molecule has 0 aliphatic heterocycles. The third-order valence-electron chi connectivity index (χ3n) is 1.46. The summed E-state index contributed by atoms with van der Waals surface area (Å²) in [6.45, 7) is 7.21. The molecular weight excluding hydrogens is 202 g/mol. The molecule has 0 atom stereocenters. The van der Waals surface area contributed by atoms with Crippen LogP contribution in [0.5, 0.6) is 0 Å². The molecule has 1 aromatic heterocycles. The SMILES string of the molecule is CSc1scc[n+]1C[Si](C)(C)C. The van der Waals surface area contributed by atoms with Crippen molar-refractivity contribution in [2.45, 2.75) is 30.1 Å². The van der Waals surface area contributed by atoms with Crippen LogP contribution < -0.4 is 4.57 Å². The first-order chi connectivity index (χ1) is 5.53. The van der Waals surface area contributed by atoms with Gasteiger partial charge in [0, 0.05) is 0 Å². The molecule has 0 N–H and O–H groups in total. The van der Waals surface area contributed by atoms with E-state index < -0.39 is 8.07 Å². The van der Waals surface area contributed by atoms with Gasteiger partial charge in [-0.2, -0.15) is 4.57 Å². The van der Waals surface area contributed by atoms with Gasteiger partial charge in [-0.3, -0.25) is 0 Å². The fourth-order valence-electron chi connectivity index (χ4n) is 1.08. The molecule has 0 radical (unpaired) electrons. The second-order valence-electron chi connectivity index (χ2n) is 4.06. The summed E-state index contributed by atoms with van der Waals surface area (Å²) in [5, 5.41) is 2.17. The van der Waals surface area contributed by atoms with E-state index in [9.17, 15) is 0 Å². The fourth-order valence-corrected chi connectivity index (χ4v) is 4.10. The van der Waals surface area contributed by atoms with E-state index in [1.165, 1.54) is 10.5 Å². The first-order valence-electron chi connectivity index (χ1n) is 4.04. The lowest BCUT2D eigenvalue weighted by atomic mass is 10.9. The third-order valence-corrected chi connectivity index (χ3v) is 4.82. The molecule has 1 nitrogen and oxygen atoms in total. The zero-order valence-corrected chi connectivity index (χ0v) is 10.8. The van der Waals surface area contributed by atoms with Crippen molar-refractivity contribution in [3.63, 3.8) is 0 Å². The summed E-state index contributed by atoms with van der Waals surface area (Å²) in [6.07, 6.45) is 5.59. The Morgan fingerprint density at radius 1 is 1.50 bits per heavy atom. The van der Waals surface area contributed by atoms with E-state index in [-0.39, 0.29) is 0 Å². The van der Waals surface area contributed by atoms with E-state index in [2.05, 4.69) is 42.0 Å². The largest absolute Gasteiger partial charge is 0.296 e. The van der Waals surface area contributed by atoms with Gasteiger partial charge in [-0.1, -0.05) is 31.0 Å². The average molecular weight is 218 g/mol. The van der Waals surface area contributed by atoms with Crippen LogP contribution in [-0.2, 0) is 6.17 Å². The molecule has 0 aliphatic rings. The van der Waals surface area contributed by atoms with Crippen LogP contribution in [0.2, 0.25) is 19.6 Å². The summed E-state index contributed by atoms with van der Waals surface area (Å²) in [4.78, 5) is 0. The lowest BCUT2D eigenvalue weighted by molar-refractivity contribution is -0.710. The maximum Gasteiger partial charge on any atom is 0.296 e. The van der Waals surface area contributed by atoms with Crippen LogP contribution in [-0.4, -0.2) is 14.3 Å². The topological polar surface area (TPSA) is 3.88 Å². The van der Waals surface area contributed by atoms with Crippen molar-refractivity contribution in [3.8, 4) is 0 Å². The predicted molar refractivity (Wildman–Crippen MR) is 59.6 cm³/mol. The van der Waals surface area contributed by atoms with Gasteiger partial charge in [-0.25, -0.2) is 0 Å². The van der Waals surface area contributed by atoms with Gasteiger partial charge in [0.25, 0.3) is 4.34 Å². The fraction of sp³-hybridized carbons (Fsp3) is 0.625. The Kier molecular flexibility index (Phi) is 3.37. The van der Waals surface area contributed by atoms with Gasteiger partial charge in [0.15, 0.2) is 6.20 Å². The van der Waals surface area contributed by atoms with Crippen LogP contribution in [0, 0.1) is 0 Å². The summed E-state index contributed by atoms with van der Waals surface area (Å²) < 4.78 is 3.82. The van der Waals surface area contributed by atoms with E-state index in [1.54, 1.807) is 0 Å². The van der Waals surface area contributed by atoms with Gasteiger partial charge in [0.1, 0.15) is 14.2 Å². The lowest BCUT2D eigenvalue weighted by Crippen LogP contribution is -2.45. The van der Waals surface area contributed by atoms with Gasteiger partial charge >= 0.3 is 0 Å². The van der Waals surface area contributed by atoms with Gasteiger partial charge < -0.3 is 0 Å². The molecule has 12 heavy (non-hydrogen) atoms. The highest BCUT2D eigenvalue weighted by molar-refractivity contribution is 8.00. The Labute approximate surface area is 83.8 Å². The van der Waals surface area contributed by atoms with Crippen molar-refractivity contribution in [2.75, 3.05) is 6.26 Å². The number of rotatable bonds is 3. The Hall–Kier alpha value is 0.197. The van der Waals surface area contributed by atoms with E-state index in [1.807, 2.05) is 23.1 Å². The Morgan fingerprint density at radius 3 is 2.67 bits per heavy atom. The molecule has 0 bridgehead atoms. The van der Waals surface area contributed by atoms with Crippen molar-refractivity contribution in [2.24, 2.45) is 0 Å². The predicted octanol–water partition coefficient (Wildman–Crippen LogP) is 2.63. The summed E-state index contributed by atoms with van der Waals surface area (Å²) in [5.41, 5.74) is 0. The maximum atomic E-state index is 2.40. The summed E-state index contributed by atoms with van der Waals surface area (Å²) >= 11 is 3.68. The minimum Gasteiger partial charge on any atom is -0.187 e. The highest BCUT2D eigenvalue weighted by atomic mass is 32.2. The van der Waals surface area contributed by atoms with Crippen LogP contribution in [0.3, 0.4) is 0 Å². The van der Waals surface area contributed by atoms with Crippen LogP contribution in [0.4, 0.5) is 0 Å². The molecule has 0 saturated heterocycles. The number of nitrogens with zero attached hydrogens (tertiary/aromatic N) is 1. The maximum absolute atomic E-state index is 2.40. The van der Waals surface area contributed by atoms with Gasteiger partial charge in [-0.15, -0.1) is 0 Å². The minimum atomic E-state index is -0.953. The first-order valence-corrected chi connectivity index (χ1v) is 9.85. The van der Waals surface area contributed by atoms with Gasteiger partial charge in [0.2, 0.25) is 0 Å². The quantitative estimate of drug-likeness (QED) is 0.428. The molecule has 1 heterocycles. The molecule has 0 saturated carbocycles. The smallest absolute Gasteiger partial charge is 0.187 e. The Balaban J connectivity index is 2.75. The molecular formula is C8H16NS2Si+. The number of aromatic nitrogens is 1. The van der Waals surface area contributed by atoms with Crippen LogP contribution in [0.25, 0.3) is 0 Å². The van der Waals surface area contributed by atoms with Crippen molar-refractivity contribution in [1.29, 1.82) is 0 Å². The van der Waals surface area contributed by atoms with Crippen LogP contribution >= 0.6 is 23.1 Å². The van der Waals surface area contributed by atoms with Crippen molar-refractivity contribution < 1.29 is 4.57 Å². The molecule has 0 spiro atoms. The summed E-state index contributed by atoms with van der Waals surface area (Å²) in [5.74, 6) is 0. The molecule has 0 unspecified atom stereocenters. The molecule has 4 heteroatoms. The van der Waals surface area contributed by atoms with Crippen LogP contribution in [0.1, 0.15) is 0 Å². The third kappa shape index (κ3) is 2.92. The lowest BCUT2D eigenvalue weighted by Gasteiger charge is -2.09. The van der Waals surface area contributed by atoms with E-state index in [0.717, 1.165) is 0 Å². The van der Waals surface area contributed by atoms with E-state index in [4.69, 9.17) is 0 Å². The monoisotopic (exact) mass is 218 g/mol. The van der Waals surface area contributed by atoms with Crippen molar-refractivity contribution >= 4 is 31.2 Å². The summed E-state index contributed by atoms with van der Waals surface area (Å²) in [6, 6.07) is 0. The summed E-state index contributed by atoms with van der Waals surface area (Å²) in [7, 11) is -0.953. The van der Waals surface area contributed by atoms with Crippen molar-refractivity contribution in [3.05, 3.63) is 11.6 Å². The number of hydrogen-bond donors (Lipinski definition) is 0. The molecule has 0 fully saturated rings. The molecule has 1 aromatic rings. The van der Waals surface area contributed by atoms with E-state index in [0.29, 0.717) is 0 Å². The second kappa shape index (κ2) is 3.94. The molecule has 0 aromatic carbocycles. The molecule has 0 amide bonds. The highest BCUT2D eigenvalue weighted by Crippen LogP contribution is 2.16. The molecule has 1 rings (SSSR count). The number of hydrogen-bond acceptors (Lipinski definition) is 2.